The summed E-state index contributed by atoms with van der Waals surface area (Å²) in [7, 11) is -3.44. The quantitative estimate of drug-likeness (QED) is 0.827. The van der Waals surface area contributed by atoms with Gasteiger partial charge < -0.3 is 5.32 Å². The normalized spacial score (nSPS) is 18.2. The molecule has 0 aromatic heterocycles. The van der Waals surface area contributed by atoms with Crippen molar-refractivity contribution in [2.45, 2.75) is 31.9 Å². The molecule has 0 radical (unpaired) electrons. The number of aryl methyl sites for hydroxylation is 1. The molecule has 3 rings (SSSR count). The van der Waals surface area contributed by atoms with Crippen LogP contribution in [-0.2, 0) is 27.0 Å². The Labute approximate surface area is 161 Å². The van der Waals surface area contributed by atoms with Crippen molar-refractivity contribution in [3.63, 3.8) is 0 Å². The monoisotopic (exact) mass is 386 g/mol. The summed E-state index contributed by atoms with van der Waals surface area (Å²) in [5.74, 6) is -0.453. The number of hydrogen-bond donors (Lipinski definition) is 1. The molecule has 1 aliphatic rings. The summed E-state index contributed by atoms with van der Waals surface area (Å²) in [6.45, 7) is 2.77. The second-order valence-corrected chi connectivity index (χ2v) is 8.91. The molecule has 2 aromatic carbocycles. The number of benzene rings is 2. The standard InChI is InChI=1S/C21H26N2O3S/c1-2-18-11-6-7-13-20(18)22-21(24)19-12-8-14-23(15-19)27(25,26)16-17-9-4-3-5-10-17/h3-7,9-11,13,19H,2,8,12,14-16H2,1H3,(H,22,24). The Hall–Kier alpha value is -2.18. The maximum atomic E-state index is 12.8. The molecule has 1 heterocycles. The van der Waals surface area contributed by atoms with Crippen molar-refractivity contribution in [3.8, 4) is 0 Å². The van der Waals surface area contributed by atoms with Crippen molar-refractivity contribution < 1.29 is 13.2 Å². The van der Waals surface area contributed by atoms with Crippen LogP contribution in [0.2, 0.25) is 0 Å². The maximum absolute atomic E-state index is 12.8. The van der Waals surface area contributed by atoms with E-state index in [-0.39, 0.29) is 24.1 Å². The zero-order chi connectivity index (χ0) is 19.3. The molecule has 0 saturated carbocycles. The number of carbonyl (C=O) groups is 1. The molecule has 1 atom stereocenters. The van der Waals surface area contributed by atoms with Crippen LogP contribution in [0.1, 0.15) is 30.9 Å². The summed E-state index contributed by atoms with van der Waals surface area (Å²) in [5.41, 5.74) is 2.66. The first kappa shape index (κ1) is 19.6. The molecule has 0 spiro atoms. The van der Waals surface area contributed by atoms with Gasteiger partial charge in [-0.15, -0.1) is 0 Å². The number of hydrogen-bond acceptors (Lipinski definition) is 3. The Morgan fingerprint density at radius 3 is 2.56 bits per heavy atom. The van der Waals surface area contributed by atoms with E-state index in [4.69, 9.17) is 0 Å². The predicted molar refractivity (Wildman–Crippen MR) is 108 cm³/mol. The largest absolute Gasteiger partial charge is 0.326 e. The molecule has 1 aliphatic heterocycles. The minimum absolute atomic E-state index is 0.0269. The van der Waals surface area contributed by atoms with E-state index in [1.807, 2.05) is 61.5 Å². The topological polar surface area (TPSA) is 66.5 Å². The molecule has 1 saturated heterocycles. The lowest BCUT2D eigenvalue weighted by atomic mass is 9.98. The lowest BCUT2D eigenvalue weighted by Gasteiger charge is -2.31. The maximum Gasteiger partial charge on any atom is 0.228 e. The molecule has 2 aromatic rings. The molecular formula is C21H26N2O3S. The van der Waals surface area contributed by atoms with Gasteiger partial charge in [0.1, 0.15) is 0 Å². The molecule has 1 unspecified atom stereocenters. The second kappa shape index (κ2) is 8.67. The first-order valence-corrected chi connectivity index (χ1v) is 11.0. The van der Waals surface area contributed by atoms with Gasteiger partial charge in [0.2, 0.25) is 15.9 Å². The van der Waals surface area contributed by atoms with E-state index in [2.05, 4.69) is 5.32 Å². The Morgan fingerprint density at radius 1 is 1.11 bits per heavy atom. The molecule has 0 aliphatic carbocycles. The third kappa shape index (κ3) is 4.96. The van der Waals surface area contributed by atoms with Crippen LogP contribution in [0.15, 0.2) is 54.6 Å². The van der Waals surface area contributed by atoms with E-state index in [9.17, 15) is 13.2 Å². The number of amides is 1. The summed E-state index contributed by atoms with van der Waals surface area (Å²) >= 11 is 0. The van der Waals surface area contributed by atoms with Gasteiger partial charge in [-0.1, -0.05) is 55.5 Å². The van der Waals surface area contributed by atoms with E-state index >= 15 is 0 Å². The average molecular weight is 387 g/mol. The van der Waals surface area contributed by atoms with Crippen LogP contribution < -0.4 is 5.32 Å². The van der Waals surface area contributed by atoms with Crippen LogP contribution >= 0.6 is 0 Å². The van der Waals surface area contributed by atoms with Crippen molar-refractivity contribution in [2.24, 2.45) is 5.92 Å². The third-order valence-corrected chi connectivity index (χ3v) is 6.81. The molecule has 1 amide bonds. The Morgan fingerprint density at radius 2 is 1.81 bits per heavy atom. The van der Waals surface area contributed by atoms with Crippen LogP contribution in [0, 0.1) is 5.92 Å². The highest BCUT2D eigenvalue weighted by Crippen LogP contribution is 2.24. The van der Waals surface area contributed by atoms with Crippen LogP contribution in [0.4, 0.5) is 5.69 Å². The van der Waals surface area contributed by atoms with Gasteiger partial charge in [0.25, 0.3) is 0 Å². The van der Waals surface area contributed by atoms with E-state index in [0.717, 1.165) is 23.2 Å². The van der Waals surface area contributed by atoms with Gasteiger partial charge in [0.15, 0.2) is 0 Å². The first-order chi connectivity index (χ1) is 13.0. The number of carbonyl (C=O) groups excluding carboxylic acids is 1. The number of sulfonamides is 1. The Kier molecular flexibility index (Phi) is 6.29. The fraction of sp³-hybridized carbons (Fsp3) is 0.381. The second-order valence-electron chi connectivity index (χ2n) is 6.94. The van der Waals surface area contributed by atoms with Gasteiger partial charge in [-0.2, -0.15) is 0 Å². The summed E-state index contributed by atoms with van der Waals surface area (Å²) in [4.78, 5) is 12.7. The smallest absolute Gasteiger partial charge is 0.228 e. The van der Waals surface area contributed by atoms with E-state index in [0.29, 0.717) is 19.4 Å². The first-order valence-electron chi connectivity index (χ1n) is 9.40. The van der Waals surface area contributed by atoms with E-state index < -0.39 is 10.0 Å². The van der Waals surface area contributed by atoms with Gasteiger partial charge in [0.05, 0.1) is 11.7 Å². The molecular weight excluding hydrogens is 360 g/mol. The van der Waals surface area contributed by atoms with Crippen molar-refractivity contribution in [1.29, 1.82) is 0 Å². The highest BCUT2D eigenvalue weighted by atomic mass is 32.2. The zero-order valence-electron chi connectivity index (χ0n) is 15.6. The average Bonchev–Trinajstić information content (AvgIpc) is 2.69. The highest BCUT2D eigenvalue weighted by Gasteiger charge is 2.32. The number of anilines is 1. The fourth-order valence-corrected chi connectivity index (χ4v) is 5.08. The van der Waals surface area contributed by atoms with Crippen molar-refractivity contribution >= 4 is 21.6 Å². The lowest BCUT2D eigenvalue weighted by molar-refractivity contribution is -0.120. The van der Waals surface area contributed by atoms with Crippen molar-refractivity contribution in [1.82, 2.24) is 4.31 Å². The summed E-state index contributed by atoms with van der Waals surface area (Å²) < 4.78 is 27.0. The van der Waals surface area contributed by atoms with Gasteiger partial charge in [0, 0.05) is 18.8 Å². The molecule has 144 valence electrons. The van der Waals surface area contributed by atoms with Gasteiger partial charge in [-0.3, -0.25) is 4.79 Å². The number of para-hydroxylation sites is 1. The van der Waals surface area contributed by atoms with Gasteiger partial charge >= 0.3 is 0 Å². The van der Waals surface area contributed by atoms with Gasteiger partial charge in [-0.25, -0.2) is 12.7 Å². The molecule has 1 fully saturated rings. The van der Waals surface area contributed by atoms with E-state index in [1.165, 1.54) is 4.31 Å². The summed E-state index contributed by atoms with van der Waals surface area (Å²) in [6, 6.07) is 16.9. The highest BCUT2D eigenvalue weighted by molar-refractivity contribution is 7.88. The molecule has 5 nitrogen and oxygen atoms in total. The summed E-state index contributed by atoms with van der Waals surface area (Å²) in [6.07, 6.45) is 2.23. The molecule has 27 heavy (non-hydrogen) atoms. The minimum Gasteiger partial charge on any atom is -0.326 e. The molecule has 1 N–H and O–H groups in total. The lowest BCUT2D eigenvalue weighted by Crippen LogP contribution is -2.44. The van der Waals surface area contributed by atoms with Crippen molar-refractivity contribution in [2.75, 3.05) is 18.4 Å². The van der Waals surface area contributed by atoms with E-state index in [1.54, 1.807) is 0 Å². The third-order valence-electron chi connectivity index (χ3n) is 5.00. The zero-order valence-corrected chi connectivity index (χ0v) is 16.4. The van der Waals surface area contributed by atoms with Crippen LogP contribution in [0.5, 0.6) is 0 Å². The SMILES string of the molecule is CCc1ccccc1NC(=O)C1CCCN(S(=O)(=O)Cc2ccccc2)C1. The van der Waals surface area contributed by atoms with Gasteiger partial charge in [-0.05, 0) is 36.5 Å². The number of nitrogens with zero attached hydrogens (tertiary/aromatic N) is 1. The minimum atomic E-state index is -3.44. The molecule has 0 bridgehead atoms. The molecule has 6 heteroatoms. The van der Waals surface area contributed by atoms with Crippen molar-refractivity contribution in [3.05, 3.63) is 65.7 Å². The Balaban J connectivity index is 1.67. The Bertz CT molecular complexity index is 881. The fourth-order valence-electron chi connectivity index (χ4n) is 3.47. The van der Waals surface area contributed by atoms with Crippen LogP contribution in [-0.4, -0.2) is 31.7 Å². The number of rotatable bonds is 6. The van der Waals surface area contributed by atoms with Crippen LogP contribution in [0.3, 0.4) is 0 Å². The summed E-state index contributed by atoms with van der Waals surface area (Å²) in [5, 5.41) is 2.99. The number of nitrogens with one attached hydrogen (secondary N) is 1. The number of piperidine rings is 1. The predicted octanol–water partition coefficient (Wildman–Crippen LogP) is 3.43. The van der Waals surface area contributed by atoms with Crippen LogP contribution in [0.25, 0.3) is 0 Å².